The zero-order valence-corrected chi connectivity index (χ0v) is 9.88. The molecule has 0 atom stereocenters. The van der Waals surface area contributed by atoms with E-state index in [9.17, 15) is 9.59 Å². The van der Waals surface area contributed by atoms with Crippen molar-refractivity contribution in [2.24, 2.45) is 0 Å². The summed E-state index contributed by atoms with van der Waals surface area (Å²) in [7, 11) is 0. The van der Waals surface area contributed by atoms with Crippen LogP contribution in [0, 0.1) is 0 Å². The molecule has 0 unspecified atom stereocenters. The van der Waals surface area contributed by atoms with Crippen molar-refractivity contribution in [2.75, 3.05) is 5.32 Å². The van der Waals surface area contributed by atoms with Crippen LogP contribution >= 0.6 is 11.6 Å². The highest BCUT2D eigenvalue weighted by atomic mass is 35.5. The SMILES string of the molecule is CC(=O)Nc1ccc(CCCC(=O)Cl)cc1. The first-order valence-corrected chi connectivity index (χ1v) is 5.50. The van der Waals surface area contributed by atoms with Gasteiger partial charge in [0.15, 0.2) is 0 Å². The zero-order valence-electron chi connectivity index (χ0n) is 9.13. The summed E-state index contributed by atoms with van der Waals surface area (Å²) in [5, 5.41) is 2.40. The molecule has 1 aromatic rings. The number of rotatable bonds is 5. The molecule has 1 rings (SSSR count). The van der Waals surface area contributed by atoms with Crippen molar-refractivity contribution < 1.29 is 9.59 Å². The predicted octanol–water partition coefficient (Wildman–Crippen LogP) is 2.73. The van der Waals surface area contributed by atoms with E-state index in [4.69, 9.17) is 11.6 Å². The maximum Gasteiger partial charge on any atom is 0.221 e. The Morgan fingerprint density at radius 2 is 1.88 bits per heavy atom. The third kappa shape index (κ3) is 4.94. The summed E-state index contributed by atoms with van der Waals surface area (Å²) in [5.41, 5.74) is 1.91. The summed E-state index contributed by atoms with van der Waals surface area (Å²) in [6, 6.07) is 7.56. The fourth-order valence-electron chi connectivity index (χ4n) is 1.39. The summed E-state index contributed by atoms with van der Waals surface area (Å²) in [5.74, 6) is -0.0829. The molecule has 3 nitrogen and oxygen atoms in total. The average Bonchev–Trinajstić information content (AvgIpc) is 2.19. The van der Waals surface area contributed by atoms with Crippen molar-refractivity contribution in [3.05, 3.63) is 29.8 Å². The van der Waals surface area contributed by atoms with Gasteiger partial charge in [0.05, 0.1) is 0 Å². The monoisotopic (exact) mass is 239 g/mol. The predicted molar refractivity (Wildman–Crippen MR) is 64.5 cm³/mol. The van der Waals surface area contributed by atoms with E-state index >= 15 is 0 Å². The lowest BCUT2D eigenvalue weighted by Gasteiger charge is -2.03. The number of carbonyl (C=O) groups excluding carboxylic acids is 2. The number of amides is 1. The van der Waals surface area contributed by atoms with E-state index in [1.54, 1.807) is 0 Å². The number of hydrogen-bond donors (Lipinski definition) is 1. The molecule has 0 aromatic heterocycles. The zero-order chi connectivity index (χ0) is 12.0. The van der Waals surface area contributed by atoms with E-state index in [2.05, 4.69) is 5.32 Å². The standard InChI is InChI=1S/C12H14ClNO2/c1-9(15)14-11-7-5-10(6-8-11)3-2-4-12(13)16/h5-8H,2-4H2,1H3,(H,14,15). The van der Waals surface area contributed by atoms with Crippen molar-refractivity contribution in [2.45, 2.75) is 26.2 Å². The van der Waals surface area contributed by atoms with E-state index in [1.807, 2.05) is 24.3 Å². The number of halogens is 1. The quantitative estimate of drug-likeness (QED) is 0.803. The van der Waals surface area contributed by atoms with Crippen LogP contribution in [0.2, 0.25) is 0 Å². The molecule has 4 heteroatoms. The molecular formula is C12H14ClNO2. The molecule has 86 valence electrons. The van der Waals surface area contributed by atoms with Crippen LogP contribution in [-0.2, 0) is 16.0 Å². The van der Waals surface area contributed by atoms with E-state index in [0.717, 1.165) is 24.1 Å². The average molecular weight is 240 g/mol. The Labute approximate surface area is 99.8 Å². The largest absolute Gasteiger partial charge is 0.326 e. The van der Waals surface area contributed by atoms with Crippen LogP contribution in [0.25, 0.3) is 0 Å². The summed E-state index contributed by atoms with van der Waals surface area (Å²) < 4.78 is 0. The van der Waals surface area contributed by atoms with Crippen LogP contribution in [0.5, 0.6) is 0 Å². The van der Waals surface area contributed by atoms with Gasteiger partial charge in [-0.25, -0.2) is 0 Å². The third-order valence-corrected chi connectivity index (χ3v) is 2.30. The van der Waals surface area contributed by atoms with Crippen molar-refractivity contribution >= 4 is 28.4 Å². The maximum atomic E-state index is 10.8. The molecule has 0 spiro atoms. The Morgan fingerprint density at radius 3 is 2.38 bits per heavy atom. The molecule has 16 heavy (non-hydrogen) atoms. The minimum absolute atomic E-state index is 0.0829. The lowest BCUT2D eigenvalue weighted by Crippen LogP contribution is -2.05. The molecule has 1 aromatic carbocycles. The van der Waals surface area contributed by atoms with Crippen LogP contribution in [0.4, 0.5) is 5.69 Å². The molecule has 0 fully saturated rings. The second-order valence-corrected chi connectivity index (χ2v) is 4.01. The topological polar surface area (TPSA) is 46.2 Å². The van der Waals surface area contributed by atoms with Gasteiger partial charge in [-0.1, -0.05) is 12.1 Å². The van der Waals surface area contributed by atoms with Crippen molar-refractivity contribution in [1.82, 2.24) is 0 Å². The first-order chi connectivity index (χ1) is 7.58. The fourth-order valence-corrected chi connectivity index (χ4v) is 1.52. The lowest BCUT2D eigenvalue weighted by molar-refractivity contribution is -0.114. The molecular weight excluding hydrogens is 226 g/mol. The highest BCUT2D eigenvalue weighted by Gasteiger charge is 1.99. The van der Waals surface area contributed by atoms with Gasteiger partial charge >= 0.3 is 0 Å². The molecule has 0 saturated carbocycles. The number of nitrogens with one attached hydrogen (secondary N) is 1. The first-order valence-electron chi connectivity index (χ1n) is 5.13. The van der Waals surface area contributed by atoms with Crippen molar-refractivity contribution in [1.29, 1.82) is 0 Å². The molecule has 0 bridgehead atoms. The fraction of sp³-hybridized carbons (Fsp3) is 0.333. The van der Waals surface area contributed by atoms with E-state index in [1.165, 1.54) is 6.92 Å². The Morgan fingerprint density at radius 1 is 1.25 bits per heavy atom. The van der Waals surface area contributed by atoms with Gasteiger partial charge in [-0.15, -0.1) is 0 Å². The van der Waals surface area contributed by atoms with Crippen LogP contribution in [-0.4, -0.2) is 11.1 Å². The van der Waals surface area contributed by atoms with Gasteiger partial charge in [-0.2, -0.15) is 0 Å². The molecule has 1 N–H and O–H groups in total. The van der Waals surface area contributed by atoms with Gasteiger partial charge < -0.3 is 5.32 Å². The Balaban J connectivity index is 2.45. The summed E-state index contributed by atoms with van der Waals surface area (Å²) in [6.07, 6.45) is 1.97. The van der Waals surface area contributed by atoms with Crippen molar-refractivity contribution in [3.8, 4) is 0 Å². The Hall–Kier alpha value is -1.35. The highest BCUT2D eigenvalue weighted by Crippen LogP contribution is 2.12. The number of benzene rings is 1. The van der Waals surface area contributed by atoms with Gasteiger partial charge in [0.2, 0.25) is 11.1 Å². The second-order valence-electron chi connectivity index (χ2n) is 3.59. The molecule has 0 radical (unpaired) electrons. The Bertz CT molecular complexity index is 373. The van der Waals surface area contributed by atoms with Crippen LogP contribution in [0.15, 0.2) is 24.3 Å². The maximum absolute atomic E-state index is 10.8. The normalized spacial score (nSPS) is 9.88. The van der Waals surface area contributed by atoms with E-state index < -0.39 is 0 Å². The third-order valence-electron chi connectivity index (χ3n) is 2.11. The Kier molecular flexibility index (Phi) is 4.99. The summed E-state index contributed by atoms with van der Waals surface area (Å²) >= 11 is 5.24. The second kappa shape index (κ2) is 6.28. The van der Waals surface area contributed by atoms with Crippen LogP contribution < -0.4 is 5.32 Å². The first kappa shape index (κ1) is 12.7. The molecule has 0 aliphatic rings. The van der Waals surface area contributed by atoms with Crippen LogP contribution in [0.1, 0.15) is 25.3 Å². The molecule has 0 aliphatic carbocycles. The van der Waals surface area contributed by atoms with Gasteiger partial charge in [0.25, 0.3) is 0 Å². The highest BCUT2D eigenvalue weighted by molar-refractivity contribution is 6.63. The molecule has 0 heterocycles. The molecule has 1 amide bonds. The molecule has 0 aliphatic heterocycles. The molecule has 0 saturated heterocycles. The van der Waals surface area contributed by atoms with E-state index in [0.29, 0.717) is 6.42 Å². The van der Waals surface area contributed by atoms with Crippen LogP contribution in [0.3, 0.4) is 0 Å². The van der Waals surface area contributed by atoms with Gasteiger partial charge in [-0.3, -0.25) is 9.59 Å². The van der Waals surface area contributed by atoms with Gasteiger partial charge in [0.1, 0.15) is 0 Å². The number of anilines is 1. The number of hydrogen-bond acceptors (Lipinski definition) is 2. The number of carbonyl (C=O) groups is 2. The minimum atomic E-state index is -0.296. The lowest BCUT2D eigenvalue weighted by atomic mass is 10.1. The minimum Gasteiger partial charge on any atom is -0.326 e. The summed E-state index contributed by atoms with van der Waals surface area (Å²) in [6.45, 7) is 1.47. The smallest absolute Gasteiger partial charge is 0.221 e. The van der Waals surface area contributed by atoms with Gasteiger partial charge in [-0.05, 0) is 42.1 Å². The summed E-state index contributed by atoms with van der Waals surface area (Å²) in [4.78, 5) is 21.3. The number of aryl methyl sites for hydroxylation is 1. The van der Waals surface area contributed by atoms with Crippen molar-refractivity contribution in [3.63, 3.8) is 0 Å². The van der Waals surface area contributed by atoms with Gasteiger partial charge in [0, 0.05) is 19.0 Å². The van der Waals surface area contributed by atoms with E-state index in [-0.39, 0.29) is 11.1 Å².